The lowest BCUT2D eigenvalue weighted by atomic mass is 10.0. The number of amides is 5. The Hall–Kier alpha value is -4.32. The second kappa shape index (κ2) is 15.1. The fourth-order valence-corrected chi connectivity index (χ4v) is 4.93. The number of nitrogens with one attached hydrogen (secondary N) is 4. The maximum atomic E-state index is 13.7. The Labute approximate surface area is 250 Å². The highest BCUT2D eigenvalue weighted by Gasteiger charge is 2.26. The van der Waals surface area contributed by atoms with Crippen molar-refractivity contribution in [3.05, 3.63) is 71.5 Å². The van der Waals surface area contributed by atoms with Crippen LogP contribution in [0.5, 0.6) is 11.5 Å². The topological polar surface area (TPSA) is 142 Å². The van der Waals surface area contributed by atoms with Crippen LogP contribution in [-0.2, 0) is 9.59 Å². The van der Waals surface area contributed by atoms with Gasteiger partial charge in [-0.3, -0.25) is 19.4 Å². The van der Waals surface area contributed by atoms with E-state index in [1.807, 2.05) is 0 Å². The van der Waals surface area contributed by atoms with Crippen molar-refractivity contribution in [2.75, 3.05) is 37.8 Å². The number of aromatic nitrogens is 1. The molecule has 4 N–H and O–H groups in total. The minimum Gasteiger partial charge on any atom is -0.457 e. The molecule has 1 aromatic carbocycles. The van der Waals surface area contributed by atoms with Gasteiger partial charge in [-0.1, -0.05) is 26.8 Å². The average Bonchev–Trinajstić information content (AvgIpc) is 3.17. The number of urea groups is 1. The second-order valence-electron chi connectivity index (χ2n) is 10.7. The molecule has 2 aromatic rings. The van der Waals surface area contributed by atoms with E-state index in [1.54, 1.807) is 41.3 Å². The van der Waals surface area contributed by atoms with Crippen molar-refractivity contribution in [1.82, 2.24) is 25.8 Å². The fourth-order valence-electron chi connectivity index (χ4n) is 3.79. The summed E-state index contributed by atoms with van der Waals surface area (Å²) in [5, 5.41) is 10.9. The van der Waals surface area contributed by atoms with Gasteiger partial charge in [0.15, 0.2) is 0 Å². The Kier molecular flexibility index (Phi) is 11.5. The van der Waals surface area contributed by atoms with E-state index in [2.05, 4.69) is 53.6 Å². The molecule has 2 heterocycles. The molecule has 11 nitrogen and oxygen atoms in total. The molecule has 1 saturated heterocycles. The third kappa shape index (κ3) is 9.95. The zero-order chi connectivity index (χ0) is 30.7. The van der Waals surface area contributed by atoms with Gasteiger partial charge in [0, 0.05) is 68.9 Å². The molecule has 0 spiro atoms. The van der Waals surface area contributed by atoms with Crippen molar-refractivity contribution in [3.63, 3.8) is 0 Å². The number of hydrogen-bond donors (Lipinski definition) is 4. The quantitative estimate of drug-likeness (QED) is 0.238. The van der Waals surface area contributed by atoms with Gasteiger partial charge in [-0.2, -0.15) is 0 Å². The van der Waals surface area contributed by atoms with Crippen LogP contribution in [0.15, 0.2) is 65.9 Å². The van der Waals surface area contributed by atoms with Crippen molar-refractivity contribution in [3.8, 4) is 11.5 Å². The molecule has 1 aliphatic rings. The summed E-state index contributed by atoms with van der Waals surface area (Å²) < 4.78 is 5.82. The predicted octanol–water partition coefficient (Wildman–Crippen LogP) is 4.27. The molecule has 0 aliphatic carbocycles. The van der Waals surface area contributed by atoms with Crippen LogP contribution < -0.4 is 26.0 Å². The van der Waals surface area contributed by atoms with Crippen LogP contribution in [0.3, 0.4) is 0 Å². The zero-order valence-corrected chi connectivity index (χ0v) is 25.2. The van der Waals surface area contributed by atoms with E-state index in [0.29, 0.717) is 53.2 Å². The summed E-state index contributed by atoms with van der Waals surface area (Å²) in [4.78, 5) is 56.4. The van der Waals surface area contributed by atoms with Gasteiger partial charge in [-0.25, -0.2) is 4.79 Å². The molecule has 0 radical (unpaired) electrons. The number of benzene rings is 1. The molecule has 0 bridgehead atoms. The summed E-state index contributed by atoms with van der Waals surface area (Å²) in [5.74, 6) is 0.945. The lowest BCUT2D eigenvalue weighted by Gasteiger charge is -2.25. The molecule has 1 aromatic heterocycles. The molecule has 1 fully saturated rings. The number of thioether (sulfide) groups is 1. The summed E-state index contributed by atoms with van der Waals surface area (Å²) in [7, 11) is 1.52. The lowest BCUT2D eigenvalue weighted by molar-refractivity contribution is -0.126. The van der Waals surface area contributed by atoms with Crippen LogP contribution in [0.25, 0.3) is 0 Å². The Morgan fingerprint density at radius 1 is 1.14 bits per heavy atom. The van der Waals surface area contributed by atoms with Crippen LogP contribution >= 0.6 is 11.8 Å². The molecule has 0 atom stereocenters. The van der Waals surface area contributed by atoms with Gasteiger partial charge < -0.3 is 30.9 Å². The summed E-state index contributed by atoms with van der Waals surface area (Å²) in [6.45, 7) is 11.1. The first-order valence-corrected chi connectivity index (χ1v) is 14.5. The number of carbonyl (C=O) groups excluding carboxylic acids is 4. The first-order chi connectivity index (χ1) is 20.0. The van der Waals surface area contributed by atoms with E-state index < -0.39 is 6.03 Å². The number of carbonyl (C=O) groups is 4. The third-order valence-corrected chi connectivity index (χ3v) is 7.59. The Morgan fingerprint density at radius 2 is 1.88 bits per heavy atom. The van der Waals surface area contributed by atoms with E-state index in [1.165, 1.54) is 31.1 Å². The first-order valence-electron chi connectivity index (χ1n) is 13.6. The van der Waals surface area contributed by atoms with Crippen LogP contribution in [-0.4, -0.2) is 66.1 Å². The van der Waals surface area contributed by atoms with E-state index in [4.69, 9.17) is 4.74 Å². The van der Waals surface area contributed by atoms with Gasteiger partial charge in [-0.15, -0.1) is 18.3 Å². The SMILES string of the molecule is C=CC/C(NC(=O)Nc1ccc(Oc2ccnc(C(=O)NC)c2)cc1)=C(\SCC(C)(C)C)C(=O)N1CCNC(=O)CC1. The van der Waals surface area contributed by atoms with E-state index in [9.17, 15) is 19.2 Å². The Morgan fingerprint density at radius 3 is 2.55 bits per heavy atom. The van der Waals surface area contributed by atoms with Crippen molar-refractivity contribution < 1.29 is 23.9 Å². The summed E-state index contributed by atoms with van der Waals surface area (Å²) in [5.41, 5.74) is 1.10. The Bertz CT molecular complexity index is 1340. The standard InChI is InChI=1S/C30H38N6O5S/c1-6-7-23(26(42-19-30(2,3)4)28(39)36-16-13-25(37)33-15-17-36)35-29(40)34-20-8-10-21(11-9-20)41-22-12-14-32-24(18-22)27(38)31-5/h6,8-12,14,18H,1,7,13,15-17,19H2,2-5H3,(H,31,38)(H,33,37)(H2,34,35,40)/b26-23+. The minimum atomic E-state index is -0.515. The number of anilines is 1. The van der Waals surface area contributed by atoms with Crippen LogP contribution in [0, 0.1) is 5.41 Å². The highest BCUT2D eigenvalue weighted by molar-refractivity contribution is 8.04. The molecule has 12 heteroatoms. The zero-order valence-electron chi connectivity index (χ0n) is 24.4. The van der Waals surface area contributed by atoms with Crippen LogP contribution in [0.2, 0.25) is 0 Å². The van der Waals surface area contributed by atoms with Crippen molar-refractivity contribution in [2.45, 2.75) is 33.6 Å². The second-order valence-corrected chi connectivity index (χ2v) is 11.7. The summed E-state index contributed by atoms with van der Waals surface area (Å²) in [6, 6.07) is 9.36. The van der Waals surface area contributed by atoms with Gasteiger partial charge in [0.1, 0.15) is 17.2 Å². The molecule has 3 rings (SSSR count). The monoisotopic (exact) mass is 594 g/mol. The molecular formula is C30H38N6O5S. The largest absolute Gasteiger partial charge is 0.457 e. The highest BCUT2D eigenvalue weighted by atomic mass is 32.2. The van der Waals surface area contributed by atoms with Crippen molar-refractivity contribution in [2.24, 2.45) is 5.41 Å². The van der Waals surface area contributed by atoms with Crippen molar-refractivity contribution >= 4 is 41.2 Å². The van der Waals surface area contributed by atoms with Gasteiger partial charge in [0.25, 0.3) is 11.8 Å². The molecule has 1 aliphatic heterocycles. The van der Waals surface area contributed by atoms with Gasteiger partial charge >= 0.3 is 6.03 Å². The van der Waals surface area contributed by atoms with Gasteiger partial charge in [0.05, 0.1) is 4.91 Å². The molecule has 224 valence electrons. The molecule has 5 amide bonds. The number of ether oxygens (including phenoxy) is 1. The van der Waals surface area contributed by atoms with Crippen LogP contribution in [0.4, 0.5) is 10.5 Å². The highest BCUT2D eigenvalue weighted by Crippen LogP contribution is 2.30. The normalized spacial score (nSPS) is 14.1. The Balaban J connectivity index is 1.75. The molecule has 0 unspecified atom stereocenters. The first kappa shape index (κ1) is 32.2. The summed E-state index contributed by atoms with van der Waals surface area (Å²) in [6.07, 6.45) is 3.61. The van der Waals surface area contributed by atoms with E-state index in [-0.39, 0.29) is 41.7 Å². The molecule has 42 heavy (non-hydrogen) atoms. The number of nitrogens with zero attached hydrogens (tertiary/aromatic N) is 2. The maximum absolute atomic E-state index is 13.7. The number of hydrogen-bond acceptors (Lipinski definition) is 7. The van der Waals surface area contributed by atoms with E-state index in [0.717, 1.165) is 0 Å². The summed E-state index contributed by atoms with van der Waals surface area (Å²) >= 11 is 1.39. The number of allylic oxidation sites excluding steroid dienone is 1. The van der Waals surface area contributed by atoms with Gasteiger partial charge in [0.2, 0.25) is 5.91 Å². The molecule has 0 saturated carbocycles. The minimum absolute atomic E-state index is 0.0713. The fraction of sp³-hybridized carbons (Fsp3) is 0.367. The average molecular weight is 595 g/mol. The lowest BCUT2D eigenvalue weighted by Crippen LogP contribution is -2.37. The smallest absolute Gasteiger partial charge is 0.323 e. The third-order valence-electron chi connectivity index (χ3n) is 5.87. The van der Waals surface area contributed by atoms with Crippen LogP contribution in [0.1, 0.15) is 44.1 Å². The van der Waals surface area contributed by atoms with Gasteiger partial charge in [-0.05, 0) is 35.7 Å². The predicted molar refractivity (Wildman–Crippen MR) is 164 cm³/mol. The maximum Gasteiger partial charge on any atom is 0.323 e. The molecular weight excluding hydrogens is 556 g/mol. The van der Waals surface area contributed by atoms with Crippen molar-refractivity contribution in [1.29, 1.82) is 0 Å². The van der Waals surface area contributed by atoms with E-state index >= 15 is 0 Å². The number of pyridine rings is 1. The number of rotatable bonds is 10.